The highest BCUT2D eigenvalue weighted by atomic mass is 32.2. The zero-order valence-electron chi connectivity index (χ0n) is 13.1. The number of benzene rings is 1. The minimum Gasteiger partial charge on any atom is -0.454 e. The van der Waals surface area contributed by atoms with E-state index < -0.39 is 17.3 Å². The fraction of sp³-hybridized carbons (Fsp3) is 0.357. The van der Waals surface area contributed by atoms with Gasteiger partial charge in [0.1, 0.15) is 0 Å². The third-order valence-electron chi connectivity index (χ3n) is 3.38. The lowest BCUT2D eigenvalue weighted by Gasteiger charge is -2.12. The summed E-state index contributed by atoms with van der Waals surface area (Å²) in [5, 5.41) is 8.61. The van der Waals surface area contributed by atoms with Crippen molar-refractivity contribution in [3.8, 4) is 11.5 Å². The van der Waals surface area contributed by atoms with Crippen LogP contribution in [0.15, 0.2) is 23.4 Å². The fourth-order valence-corrected chi connectivity index (χ4v) is 2.91. The first-order chi connectivity index (χ1) is 11.8. The number of amides is 1. The zero-order chi connectivity index (χ0) is 18.2. The molecular weight excluding hydrogens is 361 g/mol. The molecule has 1 aliphatic rings. The van der Waals surface area contributed by atoms with Crippen LogP contribution >= 0.6 is 11.8 Å². The van der Waals surface area contributed by atoms with Crippen molar-refractivity contribution in [2.75, 3.05) is 12.1 Å². The summed E-state index contributed by atoms with van der Waals surface area (Å²) >= 11 is 0.881. The second kappa shape index (κ2) is 6.47. The molecule has 1 aliphatic heterocycles. The topological polar surface area (TPSA) is 78.3 Å². The smallest absolute Gasteiger partial charge is 0.451 e. The molecule has 0 bridgehead atoms. The van der Waals surface area contributed by atoms with Crippen LogP contribution in [0.4, 0.5) is 18.9 Å². The largest absolute Gasteiger partial charge is 0.454 e. The van der Waals surface area contributed by atoms with Gasteiger partial charge in [0, 0.05) is 18.8 Å². The van der Waals surface area contributed by atoms with Crippen molar-refractivity contribution in [1.82, 2.24) is 14.8 Å². The number of hydrogen-bond donors (Lipinski definition) is 1. The van der Waals surface area contributed by atoms with Gasteiger partial charge in [0.25, 0.3) is 0 Å². The quantitative estimate of drug-likeness (QED) is 0.829. The first kappa shape index (κ1) is 17.4. The monoisotopic (exact) mass is 374 g/mol. The summed E-state index contributed by atoms with van der Waals surface area (Å²) in [6, 6.07) is 4.92. The summed E-state index contributed by atoms with van der Waals surface area (Å²) in [6.07, 6.45) is -4.60. The van der Waals surface area contributed by atoms with Crippen molar-refractivity contribution < 1.29 is 27.4 Å². The van der Waals surface area contributed by atoms with Crippen molar-refractivity contribution in [2.24, 2.45) is 7.05 Å². The molecule has 0 unspecified atom stereocenters. The minimum atomic E-state index is -4.60. The van der Waals surface area contributed by atoms with E-state index >= 15 is 0 Å². The van der Waals surface area contributed by atoms with E-state index in [1.54, 1.807) is 25.1 Å². The number of nitrogens with one attached hydrogen (secondary N) is 1. The van der Waals surface area contributed by atoms with Crippen LogP contribution in [0.2, 0.25) is 0 Å². The van der Waals surface area contributed by atoms with Gasteiger partial charge in [-0.3, -0.25) is 4.79 Å². The molecular formula is C14H13F3N4O3S. The molecule has 25 heavy (non-hydrogen) atoms. The minimum absolute atomic E-state index is 0.000613. The van der Waals surface area contributed by atoms with Crippen LogP contribution in [0.25, 0.3) is 0 Å². The highest BCUT2D eigenvalue weighted by Crippen LogP contribution is 2.35. The Hall–Kier alpha value is -2.43. The molecule has 1 aromatic heterocycles. The molecule has 0 fully saturated rings. The van der Waals surface area contributed by atoms with Crippen molar-refractivity contribution in [3.05, 3.63) is 24.0 Å². The summed E-state index contributed by atoms with van der Waals surface area (Å²) in [6.45, 7) is 1.68. The Labute approximate surface area is 144 Å². The van der Waals surface area contributed by atoms with Crippen LogP contribution in [0.5, 0.6) is 11.5 Å². The molecule has 1 amide bonds. The molecule has 2 aromatic rings. The number of thioether (sulfide) groups is 1. The van der Waals surface area contributed by atoms with E-state index in [0.29, 0.717) is 17.2 Å². The summed E-state index contributed by atoms with van der Waals surface area (Å²) in [4.78, 5) is 12.2. The van der Waals surface area contributed by atoms with E-state index in [1.807, 2.05) is 0 Å². The molecule has 1 atom stereocenters. The molecule has 0 spiro atoms. The molecule has 0 radical (unpaired) electrons. The molecule has 11 heteroatoms. The van der Waals surface area contributed by atoms with Gasteiger partial charge in [-0.15, -0.1) is 10.2 Å². The number of alkyl halides is 3. The lowest BCUT2D eigenvalue weighted by molar-refractivity contribution is -0.147. The average Bonchev–Trinajstić information content (AvgIpc) is 3.13. The summed E-state index contributed by atoms with van der Waals surface area (Å²) in [7, 11) is 1.20. The second-order valence-electron chi connectivity index (χ2n) is 5.18. The second-order valence-corrected chi connectivity index (χ2v) is 6.49. The van der Waals surface area contributed by atoms with Crippen LogP contribution in [-0.4, -0.2) is 32.7 Å². The highest BCUT2D eigenvalue weighted by Gasteiger charge is 2.37. The van der Waals surface area contributed by atoms with E-state index in [-0.39, 0.29) is 17.9 Å². The van der Waals surface area contributed by atoms with Crippen LogP contribution in [0.3, 0.4) is 0 Å². The SMILES string of the molecule is C[C@H](Sc1nnc(C(F)(F)F)n1C)C(=O)Nc1ccc2c(c1)OCO2. The molecule has 1 aromatic carbocycles. The van der Waals surface area contributed by atoms with Crippen LogP contribution in [-0.2, 0) is 18.0 Å². The molecule has 0 saturated carbocycles. The van der Waals surface area contributed by atoms with Gasteiger partial charge in [0.2, 0.25) is 18.5 Å². The number of fused-ring (bicyclic) bond motifs is 1. The van der Waals surface area contributed by atoms with Crippen molar-refractivity contribution in [1.29, 1.82) is 0 Å². The number of ether oxygens (including phenoxy) is 2. The Balaban J connectivity index is 1.66. The molecule has 0 saturated heterocycles. The van der Waals surface area contributed by atoms with Gasteiger partial charge in [-0.05, 0) is 19.1 Å². The molecule has 7 nitrogen and oxygen atoms in total. The Bertz CT molecular complexity index is 809. The summed E-state index contributed by atoms with van der Waals surface area (Å²) in [5.74, 6) is -0.404. The summed E-state index contributed by atoms with van der Waals surface area (Å²) < 4.78 is 49.4. The number of anilines is 1. The Morgan fingerprint density at radius 1 is 1.32 bits per heavy atom. The molecule has 3 rings (SSSR count). The van der Waals surface area contributed by atoms with Crippen molar-refractivity contribution >= 4 is 23.4 Å². The Morgan fingerprint density at radius 2 is 2.04 bits per heavy atom. The standard InChI is InChI=1S/C14H13F3N4O3S/c1-7(25-13-20-19-12(21(13)2)14(15,16)17)11(22)18-8-3-4-9-10(5-8)24-6-23-9/h3-5,7H,6H2,1-2H3,(H,18,22)/t7-/m0/s1. The average molecular weight is 374 g/mol. The normalized spacial score (nSPS) is 14.4. The maximum absolute atomic E-state index is 12.7. The zero-order valence-corrected chi connectivity index (χ0v) is 13.9. The Morgan fingerprint density at radius 3 is 2.72 bits per heavy atom. The van der Waals surface area contributed by atoms with Gasteiger partial charge in [-0.1, -0.05) is 11.8 Å². The maximum Gasteiger partial charge on any atom is 0.451 e. The number of nitrogens with zero attached hydrogens (tertiary/aromatic N) is 3. The lowest BCUT2D eigenvalue weighted by atomic mass is 10.2. The summed E-state index contributed by atoms with van der Waals surface area (Å²) in [5.41, 5.74) is 0.496. The number of hydrogen-bond acceptors (Lipinski definition) is 6. The van der Waals surface area contributed by atoms with Gasteiger partial charge < -0.3 is 19.4 Å². The van der Waals surface area contributed by atoms with Crippen LogP contribution < -0.4 is 14.8 Å². The van der Waals surface area contributed by atoms with Crippen molar-refractivity contribution in [3.63, 3.8) is 0 Å². The van der Waals surface area contributed by atoms with Crippen LogP contribution in [0, 0.1) is 0 Å². The van der Waals surface area contributed by atoms with E-state index in [0.717, 1.165) is 16.3 Å². The van der Waals surface area contributed by atoms with Gasteiger partial charge in [-0.25, -0.2) is 0 Å². The fourth-order valence-electron chi connectivity index (χ4n) is 2.09. The molecule has 0 aliphatic carbocycles. The third-order valence-corrected chi connectivity index (χ3v) is 4.51. The number of aromatic nitrogens is 3. The number of halogens is 3. The van der Waals surface area contributed by atoms with Gasteiger partial charge in [0.05, 0.1) is 5.25 Å². The maximum atomic E-state index is 12.7. The molecule has 1 N–H and O–H groups in total. The Kier molecular flexibility index (Phi) is 4.50. The third kappa shape index (κ3) is 3.65. The first-order valence-corrected chi connectivity index (χ1v) is 7.97. The van der Waals surface area contributed by atoms with Crippen LogP contribution in [0.1, 0.15) is 12.7 Å². The lowest BCUT2D eigenvalue weighted by Crippen LogP contribution is -2.23. The molecule has 134 valence electrons. The van der Waals surface area contributed by atoms with E-state index in [1.165, 1.54) is 7.05 Å². The van der Waals surface area contributed by atoms with E-state index in [4.69, 9.17) is 9.47 Å². The predicted octanol–water partition coefficient (Wildman–Crippen LogP) is 2.68. The van der Waals surface area contributed by atoms with Gasteiger partial charge >= 0.3 is 6.18 Å². The van der Waals surface area contributed by atoms with Crippen molar-refractivity contribution in [2.45, 2.75) is 23.5 Å². The van der Waals surface area contributed by atoms with Gasteiger partial charge in [0.15, 0.2) is 16.7 Å². The van der Waals surface area contributed by atoms with E-state index in [9.17, 15) is 18.0 Å². The molecule has 2 heterocycles. The number of carbonyl (C=O) groups excluding carboxylic acids is 1. The number of carbonyl (C=O) groups is 1. The number of rotatable bonds is 4. The highest BCUT2D eigenvalue weighted by molar-refractivity contribution is 8.00. The predicted molar refractivity (Wildman–Crippen MR) is 82.5 cm³/mol. The first-order valence-electron chi connectivity index (χ1n) is 7.09. The van der Waals surface area contributed by atoms with Gasteiger partial charge in [-0.2, -0.15) is 13.2 Å². The van der Waals surface area contributed by atoms with E-state index in [2.05, 4.69) is 15.5 Å².